The van der Waals surface area contributed by atoms with Gasteiger partial charge in [0.15, 0.2) is 0 Å². The van der Waals surface area contributed by atoms with E-state index in [1.807, 2.05) is 6.92 Å². The molecule has 0 aliphatic rings. The molecule has 2 aromatic rings. The summed E-state index contributed by atoms with van der Waals surface area (Å²) in [6.45, 7) is 3.62. The second-order valence-electron chi connectivity index (χ2n) is 4.75. The molecule has 1 amide bonds. The third-order valence-corrected chi connectivity index (χ3v) is 3.29. The van der Waals surface area contributed by atoms with Crippen molar-refractivity contribution >= 4 is 16.8 Å². The Balaban J connectivity index is 2.15. The van der Waals surface area contributed by atoms with Gasteiger partial charge in [0.1, 0.15) is 11.3 Å². The highest BCUT2D eigenvalue weighted by molar-refractivity contribution is 5.97. The highest BCUT2D eigenvalue weighted by atomic mass is 16.5. The van der Waals surface area contributed by atoms with Crippen molar-refractivity contribution in [1.82, 2.24) is 10.3 Å². The van der Waals surface area contributed by atoms with Crippen LogP contribution in [0.2, 0.25) is 0 Å². The Kier molecular flexibility index (Phi) is 5.55. The zero-order chi connectivity index (χ0) is 15.9. The van der Waals surface area contributed by atoms with Crippen molar-refractivity contribution in [1.29, 1.82) is 0 Å². The summed E-state index contributed by atoms with van der Waals surface area (Å²) in [6.07, 6.45) is 2.15. The number of aromatic nitrogens is 1. The first kappa shape index (κ1) is 16.0. The van der Waals surface area contributed by atoms with E-state index in [9.17, 15) is 9.59 Å². The van der Waals surface area contributed by atoms with Crippen LogP contribution in [0.5, 0.6) is 5.75 Å². The van der Waals surface area contributed by atoms with Crippen LogP contribution in [0.3, 0.4) is 0 Å². The number of carbonyl (C=O) groups is 1. The lowest BCUT2D eigenvalue weighted by Gasteiger charge is -2.07. The van der Waals surface area contributed by atoms with E-state index >= 15 is 0 Å². The Morgan fingerprint density at radius 3 is 2.91 bits per heavy atom. The number of methoxy groups -OCH3 is 1. The van der Waals surface area contributed by atoms with Crippen molar-refractivity contribution in [3.05, 3.63) is 40.2 Å². The lowest BCUT2D eigenvalue weighted by molar-refractivity contribution is 0.0943. The smallest absolute Gasteiger partial charge is 0.256 e. The van der Waals surface area contributed by atoms with E-state index in [4.69, 9.17) is 9.47 Å². The molecule has 0 saturated heterocycles. The predicted molar refractivity (Wildman–Crippen MR) is 84.6 cm³/mol. The van der Waals surface area contributed by atoms with Gasteiger partial charge in [0.2, 0.25) is 5.43 Å². The van der Waals surface area contributed by atoms with Gasteiger partial charge in [-0.05, 0) is 31.5 Å². The van der Waals surface area contributed by atoms with Gasteiger partial charge in [0.05, 0.1) is 7.11 Å². The third kappa shape index (κ3) is 3.65. The molecule has 118 valence electrons. The Hall–Kier alpha value is -2.34. The molecule has 0 unspecified atom stereocenters. The average molecular weight is 304 g/mol. The molecule has 6 nitrogen and oxygen atoms in total. The minimum Gasteiger partial charge on any atom is -0.497 e. The molecule has 6 heteroatoms. The van der Waals surface area contributed by atoms with Crippen LogP contribution in [0.15, 0.2) is 29.2 Å². The second kappa shape index (κ2) is 7.61. The highest BCUT2D eigenvalue weighted by Gasteiger charge is 2.13. The highest BCUT2D eigenvalue weighted by Crippen LogP contribution is 2.16. The zero-order valence-electron chi connectivity index (χ0n) is 12.8. The first-order valence-corrected chi connectivity index (χ1v) is 7.22. The summed E-state index contributed by atoms with van der Waals surface area (Å²) in [4.78, 5) is 27.5. The first-order chi connectivity index (χ1) is 10.7. The number of pyridine rings is 1. The molecule has 1 aromatic carbocycles. The number of rotatable bonds is 7. The van der Waals surface area contributed by atoms with Crippen molar-refractivity contribution in [2.45, 2.75) is 13.3 Å². The van der Waals surface area contributed by atoms with Crippen LogP contribution in [-0.2, 0) is 4.74 Å². The maximum Gasteiger partial charge on any atom is 0.256 e. The van der Waals surface area contributed by atoms with Gasteiger partial charge < -0.3 is 19.8 Å². The van der Waals surface area contributed by atoms with Crippen molar-refractivity contribution in [2.24, 2.45) is 0 Å². The molecule has 2 N–H and O–H groups in total. The molecule has 1 aromatic heterocycles. The summed E-state index contributed by atoms with van der Waals surface area (Å²) in [6, 6.07) is 5.13. The molecule has 0 bridgehead atoms. The second-order valence-corrected chi connectivity index (χ2v) is 4.75. The van der Waals surface area contributed by atoms with E-state index in [2.05, 4.69) is 10.3 Å². The fraction of sp³-hybridized carbons (Fsp3) is 0.375. The number of carbonyl (C=O) groups excluding carboxylic acids is 1. The van der Waals surface area contributed by atoms with E-state index in [1.54, 1.807) is 18.2 Å². The number of ether oxygens (including phenoxy) is 2. The summed E-state index contributed by atoms with van der Waals surface area (Å²) in [5.74, 6) is 0.190. The fourth-order valence-electron chi connectivity index (χ4n) is 2.11. The third-order valence-electron chi connectivity index (χ3n) is 3.29. The number of hydrogen-bond acceptors (Lipinski definition) is 4. The molecule has 1 heterocycles. The van der Waals surface area contributed by atoms with Gasteiger partial charge in [-0.2, -0.15) is 0 Å². The number of amides is 1. The molecule has 0 spiro atoms. The molecule has 0 atom stereocenters. The topological polar surface area (TPSA) is 80.4 Å². The lowest BCUT2D eigenvalue weighted by atomic mass is 10.1. The number of fused-ring (bicyclic) bond motifs is 1. The van der Waals surface area contributed by atoms with Crippen LogP contribution in [0.25, 0.3) is 10.9 Å². The van der Waals surface area contributed by atoms with Gasteiger partial charge >= 0.3 is 0 Å². The van der Waals surface area contributed by atoms with Crippen LogP contribution in [0.4, 0.5) is 0 Å². The molecule has 0 saturated carbocycles. The van der Waals surface area contributed by atoms with Crippen molar-refractivity contribution < 1.29 is 14.3 Å². The van der Waals surface area contributed by atoms with Gasteiger partial charge in [-0.25, -0.2) is 0 Å². The number of hydrogen-bond donors (Lipinski definition) is 2. The van der Waals surface area contributed by atoms with E-state index in [-0.39, 0.29) is 16.9 Å². The fourth-order valence-corrected chi connectivity index (χ4v) is 2.11. The average Bonchev–Trinajstić information content (AvgIpc) is 2.54. The largest absolute Gasteiger partial charge is 0.497 e. The van der Waals surface area contributed by atoms with Crippen molar-refractivity contribution in [3.8, 4) is 5.75 Å². The number of H-pyrrole nitrogens is 1. The van der Waals surface area contributed by atoms with Crippen LogP contribution in [-0.4, -0.2) is 37.8 Å². The molecule has 0 radical (unpaired) electrons. The van der Waals surface area contributed by atoms with Crippen LogP contribution in [0, 0.1) is 0 Å². The quantitative estimate of drug-likeness (QED) is 0.763. The molecule has 2 rings (SSSR count). The minimum atomic E-state index is -0.387. The van der Waals surface area contributed by atoms with Gasteiger partial charge in [-0.1, -0.05) is 0 Å². The molecule has 22 heavy (non-hydrogen) atoms. The van der Waals surface area contributed by atoms with Crippen molar-refractivity contribution in [3.63, 3.8) is 0 Å². The lowest BCUT2D eigenvalue weighted by Crippen LogP contribution is -2.30. The standard InChI is InChI=1S/C16H20N2O4/c1-3-22-8-4-7-17-16(20)13-10-18-14-6-5-11(21-2)9-12(14)15(13)19/h5-6,9-10H,3-4,7-8H2,1-2H3,(H,17,20)(H,18,19). The van der Waals surface area contributed by atoms with Gasteiger partial charge in [0.25, 0.3) is 5.91 Å². The molecular weight excluding hydrogens is 284 g/mol. The van der Waals surface area contributed by atoms with Gasteiger partial charge in [0, 0.05) is 36.9 Å². The summed E-state index contributed by atoms with van der Waals surface area (Å²) in [7, 11) is 1.53. The van der Waals surface area contributed by atoms with Crippen LogP contribution in [0.1, 0.15) is 23.7 Å². The summed E-state index contributed by atoms with van der Waals surface area (Å²) in [5, 5.41) is 3.15. The molecule has 0 fully saturated rings. The van der Waals surface area contributed by atoms with E-state index in [0.717, 1.165) is 0 Å². The van der Waals surface area contributed by atoms with Crippen molar-refractivity contribution in [2.75, 3.05) is 26.9 Å². The van der Waals surface area contributed by atoms with E-state index in [0.29, 0.717) is 42.8 Å². The number of benzene rings is 1. The predicted octanol–water partition coefficient (Wildman–Crippen LogP) is 1.69. The van der Waals surface area contributed by atoms with Gasteiger partial charge in [-0.3, -0.25) is 9.59 Å². The number of nitrogens with one attached hydrogen (secondary N) is 2. The van der Waals surface area contributed by atoms with E-state index < -0.39 is 0 Å². The minimum absolute atomic E-state index is 0.0946. The Morgan fingerprint density at radius 1 is 1.36 bits per heavy atom. The molecule has 0 aliphatic heterocycles. The molecule has 0 aliphatic carbocycles. The first-order valence-electron chi connectivity index (χ1n) is 7.22. The SMILES string of the molecule is CCOCCCNC(=O)c1c[nH]c2ccc(OC)cc2c1=O. The van der Waals surface area contributed by atoms with Crippen LogP contribution >= 0.6 is 0 Å². The monoisotopic (exact) mass is 304 g/mol. The summed E-state index contributed by atoms with van der Waals surface area (Å²) in [5.41, 5.74) is 0.450. The maximum absolute atomic E-state index is 12.4. The zero-order valence-corrected chi connectivity index (χ0v) is 12.8. The Morgan fingerprint density at radius 2 is 2.18 bits per heavy atom. The normalized spacial score (nSPS) is 10.6. The van der Waals surface area contributed by atoms with Crippen LogP contribution < -0.4 is 15.5 Å². The Bertz CT molecular complexity index is 709. The summed E-state index contributed by atoms with van der Waals surface area (Å²) < 4.78 is 10.3. The maximum atomic E-state index is 12.4. The summed E-state index contributed by atoms with van der Waals surface area (Å²) >= 11 is 0. The number of aromatic amines is 1. The Labute approximate surface area is 128 Å². The molecular formula is C16H20N2O4. The van der Waals surface area contributed by atoms with Gasteiger partial charge in [-0.15, -0.1) is 0 Å². The van der Waals surface area contributed by atoms with E-state index in [1.165, 1.54) is 13.3 Å².